The first-order valence-corrected chi connectivity index (χ1v) is 11.9. The molecule has 0 spiro atoms. The number of hydrogen-bond acceptors (Lipinski definition) is 6. The Morgan fingerprint density at radius 1 is 0.938 bits per heavy atom. The van der Waals surface area contributed by atoms with Gasteiger partial charge in [0, 0.05) is 28.0 Å². The second-order valence-electron chi connectivity index (χ2n) is 6.80. The van der Waals surface area contributed by atoms with Gasteiger partial charge in [0.2, 0.25) is 5.91 Å². The van der Waals surface area contributed by atoms with Crippen molar-refractivity contribution in [1.29, 1.82) is 0 Å². The van der Waals surface area contributed by atoms with Gasteiger partial charge in [-0.15, -0.1) is 23.1 Å². The summed E-state index contributed by atoms with van der Waals surface area (Å²) in [6, 6.07) is 25.2. The molecule has 5 nitrogen and oxygen atoms in total. The van der Waals surface area contributed by atoms with E-state index in [9.17, 15) is 4.79 Å². The van der Waals surface area contributed by atoms with Crippen LogP contribution in [0.3, 0.4) is 0 Å². The predicted octanol–water partition coefficient (Wildman–Crippen LogP) is 6.73. The molecule has 162 valence electrons. The van der Waals surface area contributed by atoms with E-state index < -0.39 is 0 Å². The molecule has 1 aromatic heterocycles. The van der Waals surface area contributed by atoms with Crippen molar-refractivity contribution in [3.05, 3.63) is 84.2 Å². The van der Waals surface area contributed by atoms with Crippen molar-refractivity contribution in [1.82, 2.24) is 4.98 Å². The molecular weight excluding hydrogens is 440 g/mol. The summed E-state index contributed by atoms with van der Waals surface area (Å²) in [5.41, 5.74) is 1.79. The molecule has 0 unspecified atom stereocenters. The van der Waals surface area contributed by atoms with Gasteiger partial charge >= 0.3 is 0 Å². The van der Waals surface area contributed by atoms with Crippen molar-refractivity contribution >= 4 is 34.1 Å². The maximum Gasteiger partial charge on any atom is 0.226 e. The number of thioether (sulfide) groups is 1. The summed E-state index contributed by atoms with van der Waals surface area (Å²) in [4.78, 5) is 17.9. The first-order valence-electron chi connectivity index (χ1n) is 10.1. The number of amides is 1. The molecular formula is C25H22N2O3S2. The number of carbonyl (C=O) groups excluding carboxylic acids is 1. The second kappa shape index (κ2) is 10.8. The zero-order valence-electron chi connectivity index (χ0n) is 17.5. The van der Waals surface area contributed by atoms with Crippen LogP contribution >= 0.6 is 23.1 Å². The molecule has 0 saturated heterocycles. The Morgan fingerprint density at radius 2 is 1.62 bits per heavy atom. The largest absolute Gasteiger partial charge is 0.497 e. The molecule has 1 N–H and O–H groups in total. The average molecular weight is 463 g/mol. The number of nitrogens with one attached hydrogen (secondary N) is 1. The number of nitrogens with zero attached hydrogens (tertiary/aromatic N) is 1. The van der Waals surface area contributed by atoms with E-state index in [0.717, 1.165) is 33.4 Å². The molecule has 0 aliphatic heterocycles. The van der Waals surface area contributed by atoms with Crippen molar-refractivity contribution in [2.24, 2.45) is 0 Å². The summed E-state index contributed by atoms with van der Waals surface area (Å²) in [6.45, 7) is 0. The van der Waals surface area contributed by atoms with Crippen molar-refractivity contribution < 1.29 is 14.3 Å². The van der Waals surface area contributed by atoms with Crippen LogP contribution in [0.4, 0.5) is 5.13 Å². The van der Waals surface area contributed by atoms with Crippen molar-refractivity contribution in [2.45, 2.75) is 11.3 Å². The molecule has 0 bridgehead atoms. The van der Waals surface area contributed by atoms with Gasteiger partial charge in [-0.1, -0.05) is 18.2 Å². The van der Waals surface area contributed by atoms with Crippen LogP contribution in [0.5, 0.6) is 17.2 Å². The molecule has 32 heavy (non-hydrogen) atoms. The van der Waals surface area contributed by atoms with Gasteiger partial charge in [0.25, 0.3) is 0 Å². The highest BCUT2D eigenvalue weighted by Gasteiger charge is 2.09. The van der Waals surface area contributed by atoms with Gasteiger partial charge in [-0.2, -0.15) is 0 Å². The minimum Gasteiger partial charge on any atom is -0.497 e. The maximum atomic E-state index is 12.3. The van der Waals surface area contributed by atoms with Gasteiger partial charge in [0.05, 0.1) is 12.8 Å². The molecule has 0 radical (unpaired) electrons. The maximum absolute atomic E-state index is 12.3. The lowest BCUT2D eigenvalue weighted by Gasteiger charge is -2.06. The highest BCUT2D eigenvalue weighted by atomic mass is 32.2. The smallest absolute Gasteiger partial charge is 0.226 e. The minimum atomic E-state index is -0.0430. The number of aromatic nitrogens is 1. The molecule has 0 aliphatic carbocycles. The van der Waals surface area contributed by atoms with Crippen LogP contribution < -0.4 is 14.8 Å². The quantitative estimate of drug-likeness (QED) is 0.279. The normalized spacial score (nSPS) is 10.5. The third-order valence-corrected chi connectivity index (χ3v) is 6.31. The monoisotopic (exact) mass is 462 g/mol. The third-order valence-electron chi connectivity index (χ3n) is 4.54. The van der Waals surface area contributed by atoms with Crippen LogP contribution in [0.25, 0.3) is 11.3 Å². The van der Waals surface area contributed by atoms with Crippen molar-refractivity contribution in [3.8, 4) is 28.5 Å². The number of ether oxygens (including phenoxy) is 2. The van der Waals surface area contributed by atoms with E-state index in [0.29, 0.717) is 17.3 Å². The van der Waals surface area contributed by atoms with E-state index in [2.05, 4.69) is 10.3 Å². The lowest BCUT2D eigenvalue weighted by molar-refractivity contribution is -0.115. The van der Waals surface area contributed by atoms with Crippen LogP contribution in [0.2, 0.25) is 0 Å². The number of para-hydroxylation sites is 1. The summed E-state index contributed by atoms with van der Waals surface area (Å²) >= 11 is 3.06. The summed E-state index contributed by atoms with van der Waals surface area (Å²) in [5.74, 6) is 3.03. The fraction of sp³-hybridized carbons (Fsp3) is 0.120. The van der Waals surface area contributed by atoms with Crippen molar-refractivity contribution in [3.63, 3.8) is 0 Å². The molecule has 4 aromatic rings. The lowest BCUT2D eigenvalue weighted by Crippen LogP contribution is -2.11. The predicted molar refractivity (Wildman–Crippen MR) is 131 cm³/mol. The van der Waals surface area contributed by atoms with E-state index >= 15 is 0 Å². The number of carbonyl (C=O) groups is 1. The van der Waals surface area contributed by atoms with Gasteiger partial charge in [-0.3, -0.25) is 4.79 Å². The average Bonchev–Trinajstić information content (AvgIpc) is 3.29. The number of benzene rings is 3. The van der Waals surface area contributed by atoms with Crippen LogP contribution in [-0.2, 0) is 4.79 Å². The zero-order valence-corrected chi connectivity index (χ0v) is 19.1. The second-order valence-corrected chi connectivity index (χ2v) is 8.83. The van der Waals surface area contributed by atoms with Gasteiger partial charge in [0.1, 0.15) is 17.2 Å². The Morgan fingerprint density at radius 3 is 2.34 bits per heavy atom. The van der Waals surface area contributed by atoms with Gasteiger partial charge < -0.3 is 14.8 Å². The number of rotatable bonds is 9. The highest BCUT2D eigenvalue weighted by Crippen LogP contribution is 2.28. The summed E-state index contributed by atoms with van der Waals surface area (Å²) in [7, 11) is 1.64. The fourth-order valence-electron chi connectivity index (χ4n) is 2.90. The molecule has 7 heteroatoms. The molecule has 3 aromatic carbocycles. The van der Waals surface area contributed by atoms with E-state index in [1.165, 1.54) is 11.3 Å². The number of methoxy groups -OCH3 is 1. The Kier molecular flexibility index (Phi) is 7.42. The van der Waals surface area contributed by atoms with Gasteiger partial charge in [-0.25, -0.2) is 4.98 Å². The number of hydrogen-bond donors (Lipinski definition) is 1. The van der Waals surface area contributed by atoms with E-state index in [4.69, 9.17) is 9.47 Å². The molecule has 4 rings (SSSR count). The van der Waals surface area contributed by atoms with E-state index in [1.54, 1.807) is 18.9 Å². The van der Waals surface area contributed by atoms with Crippen LogP contribution in [-0.4, -0.2) is 23.8 Å². The van der Waals surface area contributed by atoms with Gasteiger partial charge in [0.15, 0.2) is 5.13 Å². The fourth-order valence-corrected chi connectivity index (χ4v) is 4.48. The van der Waals surface area contributed by atoms with E-state index in [1.807, 2.05) is 84.2 Å². The van der Waals surface area contributed by atoms with Crippen LogP contribution in [0.1, 0.15) is 6.42 Å². The molecule has 1 heterocycles. The van der Waals surface area contributed by atoms with E-state index in [-0.39, 0.29) is 5.91 Å². The third kappa shape index (κ3) is 6.12. The Labute approximate surface area is 195 Å². The summed E-state index contributed by atoms with van der Waals surface area (Å²) in [6.07, 6.45) is 0.414. The van der Waals surface area contributed by atoms with Crippen LogP contribution in [0.15, 0.2) is 89.1 Å². The van der Waals surface area contributed by atoms with Crippen molar-refractivity contribution in [2.75, 3.05) is 18.2 Å². The first-order chi connectivity index (χ1) is 15.7. The molecule has 0 saturated carbocycles. The Bertz CT molecular complexity index is 1140. The van der Waals surface area contributed by atoms with Gasteiger partial charge in [-0.05, 0) is 60.7 Å². The highest BCUT2D eigenvalue weighted by molar-refractivity contribution is 7.99. The summed E-state index contributed by atoms with van der Waals surface area (Å²) in [5, 5.41) is 5.43. The minimum absolute atomic E-state index is 0.0430. The Balaban J connectivity index is 1.27. The zero-order chi connectivity index (χ0) is 22.2. The molecule has 0 aliphatic rings. The number of anilines is 1. The molecule has 0 atom stereocenters. The molecule has 1 amide bonds. The summed E-state index contributed by atoms with van der Waals surface area (Å²) < 4.78 is 11.0. The standard InChI is InChI=1S/C25H22N2O3S2/c1-29-19-11-13-22(14-12-19)31-16-15-24(28)27-25-26-23(17-32-25)18-7-9-21(10-8-18)30-20-5-3-2-4-6-20/h2-14,17H,15-16H2,1H3,(H,26,27,28). The number of thiazole rings is 1. The topological polar surface area (TPSA) is 60.5 Å². The SMILES string of the molecule is COc1ccc(SCCC(=O)Nc2nc(-c3ccc(Oc4ccccc4)cc3)cs2)cc1. The Hall–Kier alpha value is -3.29. The molecule has 0 fully saturated rings. The lowest BCUT2D eigenvalue weighted by atomic mass is 10.2. The van der Waals surface area contributed by atoms with Crippen LogP contribution in [0, 0.1) is 0 Å². The first kappa shape index (κ1) is 21.9.